The second-order valence-electron chi connectivity index (χ2n) is 6.35. The summed E-state index contributed by atoms with van der Waals surface area (Å²) in [6.45, 7) is 0.0645. The highest BCUT2D eigenvalue weighted by molar-refractivity contribution is 6.30. The first-order valence-corrected chi connectivity index (χ1v) is 9.25. The minimum atomic E-state index is -0.332. The number of hydrogen-bond acceptors (Lipinski definition) is 4. The summed E-state index contributed by atoms with van der Waals surface area (Å²) in [7, 11) is 0. The standard InChI is InChI=1S/C23H16ClFN2O2/c24-17-7-5-15(6-8-17)20-12-26-14-27-23(20)19-10-9-18(11-22(19)28)29-13-16-3-1-2-4-21(16)25/h1-12,14,28H,13H2. The zero-order chi connectivity index (χ0) is 20.2. The van der Waals surface area contributed by atoms with E-state index in [1.54, 1.807) is 48.7 Å². The Morgan fingerprint density at radius 1 is 0.966 bits per heavy atom. The van der Waals surface area contributed by atoms with Crippen molar-refractivity contribution >= 4 is 11.6 Å². The molecular weight excluding hydrogens is 391 g/mol. The molecule has 0 bridgehead atoms. The van der Waals surface area contributed by atoms with Crippen LogP contribution in [0.1, 0.15) is 5.56 Å². The lowest BCUT2D eigenvalue weighted by atomic mass is 10.00. The van der Waals surface area contributed by atoms with Crippen molar-refractivity contribution in [3.63, 3.8) is 0 Å². The molecule has 0 aliphatic heterocycles. The van der Waals surface area contributed by atoms with Crippen LogP contribution < -0.4 is 4.74 Å². The van der Waals surface area contributed by atoms with E-state index >= 15 is 0 Å². The molecule has 0 saturated carbocycles. The maximum atomic E-state index is 13.7. The summed E-state index contributed by atoms with van der Waals surface area (Å²) < 4.78 is 19.4. The van der Waals surface area contributed by atoms with Crippen LogP contribution in [0.15, 0.2) is 79.3 Å². The predicted octanol–water partition coefficient (Wildman–Crippen LogP) is 5.89. The molecule has 0 aliphatic carbocycles. The van der Waals surface area contributed by atoms with Gasteiger partial charge in [0, 0.05) is 34.0 Å². The lowest BCUT2D eigenvalue weighted by Crippen LogP contribution is -1.98. The number of halogens is 2. The highest BCUT2D eigenvalue weighted by atomic mass is 35.5. The number of aromatic hydroxyl groups is 1. The van der Waals surface area contributed by atoms with Gasteiger partial charge >= 0.3 is 0 Å². The van der Waals surface area contributed by atoms with Crippen LogP contribution in [0.3, 0.4) is 0 Å². The van der Waals surface area contributed by atoms with Crippen LogP contribution >= 0.6 is 11.6 Å². The van der Waals surface area contributed by atoms with Crippen LogP contribution in [0.2, 0.25) is 5.02 Å². The molecular formula is C23H16ClFN2O2. The first-order chi connectivity index (χ1) is 14.1. The predicted molar refractivity (Wildman–Crippen MR) is 110 cm³/mol. The fourth-order valence-electron chi connectivity index (χ4n) is 2.96. The van der Waals surface area contributed by atoms with Crippen LogP contribution in [0.5, 0.6) is 11.5 Å². The Morgan fingerprint density at radius 2 is 1.76 bits per heavy atom. The molecule has 0 radical (unpaired) electrons. The highest BCUT2D eigenvalue weighted by Gasteiger charge is 2.14. The summed E-state index contributed by atoms with van der Waals surface area (Å²) in [5, 5.41) is 11.2. The van der Waals surface area contributed by atoms with E-state index in [0.29, 0.717) is 27.6 Å². The number of aromatic nitrogens is 2. The van der Waals surface area contributed by atoms with E-state index in [1.807, 2.05) is 12.1 Å². The Balaban J connectivity index is 1.62. The molecule has 1 aromatic heterocycles. The molecule has 144 valence electrons. The van der Waals surface area contributed by atoms with Crippen LogP contribution in [-0.4, -0.2) is 15.1 Å². The maximum absolute atomic E-state index is 13.7. The zero-order valence-electron chi connectivity index (χ0n) is 15.2. The van der Waals surface area contributed by atoms with Gasteiger partial charge in [-0.2, -0.15) is 0 Å². The first kappa shape index (κ1) is 18.9. The molecule has 4 nitrogen and oxygen atoms in total. The van der Waals surface area contributed by atoms with Crippen molar-refractivity contribution < 1.29 is 14.2 Å². The van der Waals surface area contributed by atoms with E-state index in [4.69, 9.17) is 16.3 Å². The number of benzene rings is 3. The third-order valence-corrected chi connectivity index (χ3v) is 4.70. The molecule has 0 unspecified atom stereocenters. The van der Waals surface area contributed by atoms with Crippen LogP contribution in [0.25, 0.3) is 22.4 Å². The molecule has 4 rings (SSSR count). The van der Waals surface area contributed by atoms with Gasteiger partial charge in [-0.15, -0.1) is 0 Å². The van der Waals surface area contributed by atoms with Gasteiger partial charge in [0.05, 0.1) is 5.69 Å². The van der Waals surface area contributed by atoms with Gasteiger partial charge in [0.25, 0.3) is 0 Å². The fraction of sp³-hybridized carbons (Fsp3) is 0.0435. The number of hydrogen-bond donors (Lipinski definition) is 1. The van der Waals surface area contributed by atoms with Crippen molar-refractivity contribution in [3.05, 3.63) is 95.7 Å². The normalized spacial score (nSPS) is 10.7. The zero-order valence-corrected chi connectivity index (χ0v) is 16.0. The molecule has 3 aromatic carbocycles. The Morgan fingerprint density at radius 3 is 2.52 bits per heavy atom. The summed E-state index contributed by atoms with van der Waals surface area (Å²) >= 11 is 5.97. The van der Waals surface area contributed by atoms with Crippen molar-refractivity contribution in [1.29, 1.82) is 0 Å². The van der Waals surface area contributed by atoms with Crippen LogP contribution in [0.4, 0.5) is 4.39 Å². The Kier molecular flexibility index (Phi) is 5.40. The lowest BCUT2D eigenvalue weighted by Gasteiger charge is -2.12. The Hall–Kier alpha value is -3.44. The van der Waals surface area contributed by atoms with Gasteiger partial charge < -0.3 is 9.84 Å². The number of nitrogens with zero attached hydrogens (tertiary/aromatic N) is 2. The lowest BCUT2D eigenvalue weighted by molar-refractivity contribution is 0.298. The number of ether oxygens (including phenoxy) is 1. The van der Waals surface area contributed by atoms with E-state index in [1.165, 1.54) is 18.5 Å². The average Bonchev–Trinajstić information content (AvgIpc) is 2.74. The van der Waals surface area contributed by atoms with Crippen LogP contribution in [0, 0.1) is 5.82 Å². The summed E-state index contributed by atoms with van der Waals surface area (Å²) in [5.74, 6) is 0.100. The number of phenolic OH excluding ortho intramolecular Hbond substituents is 1. The Bertz CT molecular complexity index is 1150. The van der Waals surface area contributed by atoms with Gasteiger partial charge in [-0.1, -0.05) is 41.9 Å². The second-order valence-corrected chi connectivity index (χ2v) is 6.79. The van der Waals surface area contributed by atoms with E-state index in [2.05, 4.69) is 9.97 Å². The van der Waals surface area contributed by atoms with E-state index < -0.39 is 0 Å². The van der Waals surface area contributed by atoms with Gasteiger partial charge in [-0.25, -0.2) is 14.4 Å². The van der Waals surface area contributed by atoms with Crippen molar-refractivity contribution in [2.45, 2.75) is 6.61 Å². The van der Waals surface area contributed by atoms with Crippen molar-refractivity contribution in [2.24, 2.45) is 0 Å². The quantitative estimate of drug-likeness (QED) is 0.449. The minimum absolute atomic E-state index is 0.00458. The van der Waals surface area contributed by atoms with Gasteiger partial charge in [0.15, 0.2) is 0 Å². The molecule has 0 saturated heterocycles. The monoisotopic (exact) mass is 406 g/mol. The molecule has 1 heterocycles. The largest absolute Gasteiger partial charge is 0.507 e. The Labute approximate surface area is 172 Å². The minimum Gasteiger partial charge on any atom is -0.507 e. The van der Waals surface area contributed by atoms with E-state index in [-0.39, 0.29) is 18.2 Å². The molecule has 29 heavy (non-hydrogen) atoms. The summed E-state index contributed by atoms with van der Waals surface area (Å²) in [4.78, 5) is 8.45. The van der Waals surface area contributed by atoms with Gasteiger partial charge in [-0.3, -0.25) is 0 Å². The third kappa shape index (κ3) is 4.20. The first-order valence-electron chi connectivity index (χ1n) is 8.87. The van der Waals surface area contributed by atoms with Crippen molar-refractivity contribution in [1.82, 2.24) is 9.97 Å². The maximum Gasteiger partial charge on any atom is 0.129 e. The van der Waals surface area contributed by atoms with Crippen molar-refractivity contribution in [2.75, 3.05) is 0 Å². The van der Waals surface area contributed by atoms with Gasteiger partial charge in [0.2, 0.25) is 0 Å². The second kappa shape index (κ2) is 8.29. The van der Waals surface area contributed by atoms with Gasteiger partial charge in [-0.05, 0) is 35.9 Å². The smallest absolute Gasteiger partial charge is 0.129 e. The fourth-order valence-corrected chi connectivity index (χ4v) is 3.09. The van der Waals surface area contributed by atoms with Gasteiger partial charge in [0.1, 0.15) is 30.3 Å². The third-order valence-electron chi connectivity index (χ3n) is 4.44. The average molecular weight is 407 g/mol. The topological polar surface area (TPSA) is 55.2 Å². The number of phenols is 1. The molecule has 1 N–H and O–H groups in total. The summed E-state index contributed by atoms with van der Waals surface area (Å²) in [5.41, 5.74) is 3.21. The molecule has 0 atom stereocenters. The molecule has 4 aromatic rings. The highest BCUT2D eigenvalue weighted by Crippen LogP contribution is 2.37. The van der Waals surface area contributed by atoms with E-state index in [0.717, 1.165) is 11.1 Å². The summed E-state index contributed by atoms with van der Waals surface area (Å²) in [6.07, 6.45) is 3.12. The van der Waals surface area contributed by atoms with Crippen molar-refractivity contribution in [3.8, 4) is 33.9 Å². The number of rotatable bonds is 5. The molecule has 0 aliphatic rings. The molecule has 6 heteroatoms. The molecule has 0 amide bonds. The molecule has 0 fully saturated rings. The SMILES string of the molecule is Oc1cc(OCc2ccccc2F)ccc1-c1ncncc1-c1ccc(Cl)cc1. The summed E-state index contributed by atoms with van der Waals surface area (Å²) in [6, 6.07) is 18.6. The van der Waals surface area contributed by atoms with Crippen LogP contribution in [-0.2, 0) is 6.61 Å². The molecule has 0 spiro atoms. The van der Waals surface area contributed by atoms with E-state index in [9.17, 15) is 9.50 Å².